The number of carbonyl (C=O) groups excluding carboxylic acids is 3. The van der Waals surface area contributed by atoms with Gasteiger partial charge in [0.25, 0.3) is 11.8 Å². The van der Waals surface area contributed by atoms with Gasteiger partial charge in [-0.05, 0) is 54.1 Å². The fraction of sp³-hybridized carbons (Fsp3) is 0.214. The molecule has 40 heavy (non-hydrogen) atoms. The van der Waals surface area contributed by atoms with Crippen LogP contribution in [-0.4, -0.2) is 65.1 Å². The predicted octanol–water partition coefficient (Wildman–Crippen LogP) is 4.14. The van der Waals surface area contributed by atoms with E-state index in [4.69, 9.17) is 16.3 Å². The Morgan fingerprint density at radius 2 is 1.73 bits per heavy atom. The van der Waals surface area contributed by atoms with Gasteiger partial charge in [0.1, 0.15) is 11.6 Å². The molecule has 0 spiro atoms. The molecule has 1 heterocycles. The highest BCUT2D eigenvalue weighted by molar-refractivity contribution is 6.30. The van der Waals surface area contributed by atoms with E-state index in [1.54, 1.807) is 36.4 Å². The van der Waals surface area contributed by atoms with Gasteiger partial charge < -0.3 is 25.4 Å². The van der Waals surface area contributed by atoms with Crippen LogP contribution in [0.5, 0.6) is 5.75 Å². The summed E-state index contributed by atoms with van der Waals surface area (Å²) < 4.78 is 18.7. The zero-order chi connectivity index (χ0) is 28.8. The molecule has 0 aliphatic carbocycles. The highest BCUT2D eigenvalue weighted by Crippen LogP contribution is 2.25. The number of hydrogen-bond donors (Lipinski definition) is 3. The first-order valence-electron chi connectivity index (χ1n) is 12.2. The number of nitrogens with one attached hydrogen (secondary N) is 2. The normalized spacial score (nSPS) is 15.3. The van der Waals surface area contributed by atoms with Crippen molar-refractivity contribution in [1.29, 1.82) is 0 Å². The van der Waals surface area contributed by atoms with Crippen LogP contribution in [0.2, 0.25) is 5.02 Å². The van der Waals surface area contributed by atoms with E-state index in [0.717, 1.165) is 12.1 Å². The highest BCUT2D eigenvalue weighted by Gasteiger charge is 2.44. The lowest BCUT2D eigenvalue weighted by Crippen LogP contribution is -2.55. The molecule has 12 heteroatoms. The van der Waals surface area contributed by atoms with Gasteiger partial charge in [0.2, 0.25) is 0 Å². The number of carboxylic acids is 1. The van der Waals surface area contributed by atoms with Gasteiger partial charge in [-0.15, -0.1) is 0 Å². The van der Waals surface area contributed by atoms with Crippen LogP contribution in [0.25, 0.3) is 0 Å². The fourth-order valence-electron chi connectivity index (χ4n) is 4.39. The second-order valence-corrected chi connectivity index (χ2v) is 9.39. The Morgan fingerprint density at radius 1 is 1.02 bits per heavy atom. The Morgan fingerprint density at radius 3 is 2.40 bits per heavy atom. The number of methoxy groups -OCH3 is 1. The molecule has 0 radical (unpaired) electrons. The smallest absolute Gasteiger partial charge is 0.323 e. The Kier molecular flexibility index (Phi) is 8.85. The van der Waals surface area contributed by atoms with Gasteiger partial charge in [0.15, 0.2) is 6.17 Å². The van der Waals surface area contributed by atoms with Gasteiger partial charge in [-0.2, -0.15) is 0 Å². The summed E-state index contributed by atoms with van der Waals surface area (Å²) >= 11 is 6.03. The minimum Gasteiger partial charge on any atom is -0.497 e. The summed E-state index contributed by atoms with van der Waals surface area (Å²) in [4.78, 5) is 54.6. The lowest BCUT2D eigenvalue weighted by atomic mass is 10.0. The maximum absolute atomic E-state index is 13.7. The van der Waals surface area contributed by atoms with Gasteiger partial charge in [0.05, 0.1) is 19.6 Å². The molecule has 10 nitrogen and oxygen atoms in total. The average molecular weight is 569 g/mol. The van der Waals surface area contributed by atoms with E-state index in [9.17, 15) is 28.7 Å². The second kappa shape index (κ2) is 12.5. The maximum Gasteiger partial charge on any atom is 0.323 e. The van der Waals surface area contributed by atoms with E-state index in [0.29, 0.717) is 22.0 Å². The largest absolute Gasteiger partial charge is 0.497 e. The molecule has 1 fully saturated rings. The Hall–Kier alpha value is -4.64. The number of aliphatic carboxylic acids is 1. The number of benzene rings is 3. The van der Waals surface area contributed by atoms with Crippen molar-refractivity contribution >= 4 is 41.1 Å². The maximum atomic E-state index is 13.7. The van der Waals surface area contributed by atoms with Gasteiger partial charge >= 0.3 is 12.0 Å². The van der Waals surface area contributed by atoms with Crippen molar-refractivity contribution in [3.8, 4) is 5.75 Å². The van der Waals surface area contributed by atoms with E-state index in [1.165, 1.54) is 41.2 Å². The number of nitrogens with zero attached hydrogens (tertiary/aromatic N) is 2. The van der Waals surface area contributed by atoms with Crippen LogP contribution < -0.4 is 15.4 Å². The molecule has 1 saturated heterocycles. The van der Waals surface area contributed by atoms with Crippen LogP contribution in [0.3, 0.4) is 0 Å². The minimum absolute atomic E-state index is 0.0142. The van der Waals surface area contributed by atoms with Crippen molar-refractivity contribution in [2.24, 2.45) is 0 Å². The third kappa shape index (κ3) is 6.67. The van der Waals surface area contributed by atoms with Gasteiger partial charge in [-0.1, -0.05) is 35.9 Å². The molecule has 0 bridgehead atoms. The number of carboxylic acid groups (broad SMARTS) is 1. The lowest BCUT2D eigenvalue weighted by molar-refractivity contribution is -0.138. The zero-order valence-corrected chi connectivity index (χ0v) is 22.1. The summed E-state index contributed by atoms with van der Waals surface area (Å²) in [6.07, 6.45) is -1.93. The van der Waals surface area contributed by atoms with Crippen LogP contribution in [0.15, 0.2) is 72.8 Å². The van der Waals surface area contributed by atoms with Crippen molar-refractivity contribution in [3.63, 3.8) is 0 Å². The molecular formula is C28H26ClFN4O6. The monoisotopic (exact) mass is 568 g/mol. The lowest BCUT2D eigenvalue weighted by Gasteiger charge is -2.31. The average Bonchev–Trinajstić information content (AvgIpc) is 3.38. The number of anilines is 1. The van der Waals surface area contributed by atoms with Crippen molar-refractivity contribution in [2.75, 3.05) is 25.5 Å². The number of hydrogen-bond acceptors (Lipinski definition) is 5. The number of carbonyl (C=O) groups is 4. The van der Waals surface area contributed by atoms with Crippen molar-refractivity contribution in [3.05, 3.63) is 94.8 Å². The van der Waals surface area contributed by atoms with E-state index in [2.05, 4.69) is 10.6 Å². The third-order valence-electron chi connectivity index (χ3n) is 6.29. The summed E-state index contributed by atoms with van der Waals surface area (Å²) in [5, 5.41) is 15.2. The number of urea groups is 1. The highest BCUT2D eigenvalue weighted by atomic mass is 35.5. The predicted molar refractivity (Wildman–Crippen MR) is 145 cm³/mol. The third-order valence-corrected chi connectivity index (χ3v) is 6.52. The van der Waals surface area contributed by atoms with E-state index >= 15 is 0 Å². The SMILES string of the molecule is COc1cccc(C(=O)N2CCN(C(=O)Nc3cccc(Cl)c3)C2C(=O)NC(CC(=O)O)c2ccc(F)cc2)c1. The fourth-order valence-corrected chi connectivity index (χ4v) is 4.58. The summed E-state index contributed by atoms with van der Waals surface area (Å²) in [7, 11) is 1.45. The van der Waals surface area contributed by atoms with Gasteiger partial charge in [-0.3, -0.25) is 19.3 Å². The van der Waals surface area contributed by atoms with Crippen LogP contribution in [0, 0.1) is 5.82 Å². The standard InChI is InChI=1S/C28H26ClFN4O6/c1-40-22-7-2-4-18(14-22)27(38)33-12-13-34(28(39)31-21-6-3-5-19(29)15-21)26(33)25(37)32-23(16-24(35)36)17-8-10-20(30)11-9-17/h2-11,14-15,23,26H,12-13,16H2,1H3,(H,31,39)(H,32,37)(H,35,36). The Balaban J connectivity index is 1.65. The quantitative estimate of drug-likeness (QED) is 0.375. The molecular weight excluding hydrogens is 543 g/mol. The number of amides is 4. The molecule has 2 atom stereocenters. The first-order chi connectivity index (χ1) is 19.2. The molecule has 4 rings (SSSR count). The number of halogens is 2. The topological polar surface area (TPSA) is 128 Å². The molecule has 1 aliphatic heterocycles. The van der Waals surface area contributed by atoms with Crippen LogP contribution in [0.1, 0.15) is 28.4 Å². The first-order valence-corrected chi connectivity index (χ1v) is 12.6. The molecule has 3 aromatic carbocycles. The van der Waals surface area contributed by atoms with Crippen LogP contribution in [0.4, 0.5) is 14.9 Å². The molecule has 3 aromatic rings. The van der Waals surface area contributed by atoms with Crippen LogP contribution >= 0.6 is 11.6 Å². The molecule has 2 unspecified atom stereocenters. The summed E-state index contributed by atoms with van der Waals surface area (Å²) in [6.45, 7) is 0.0393. The van der Waals surface area contributed by atoms with Crippen LogP contribution in [-0.2, 0) is 9.59 Å². The number of ether oxygens (including phenoxy) is 1. The zero-order valence-electron chi connectivity index (χ0n) is 21.3. The molecule has 0 aromatic heterocycles. The van der Waals surface area contributed by atoms with Crippen molar-refractivity contribution in [2.45, 2.75) is 18.6 Å². The van der Waals surface area contributed by atoms with Crippen molar-refractivity contribution < 1.29 is 33.4 Å². The van der Waals surface area contributed by atoms with Crippen molar-refractivity contribution in [1.82, 2.24) is 15.1 Å². The molecule has 0 saturated carbocycles. The van der Waals surface area contributed by atoms with Gasteiger partial charge in [0, 0.05) is 29.4 Å². The Labute approximate surface area is 234 Å². The Bertz CT molecular complexity index is 1420. The van der Waals surface area contributed by atoms with E-state index < -0.39 is 48.3 Å². The van der Waals surface area contributed by atoms with E-state index in [1.807, 2.05) is 0 Å². The van der Waals surface area contributed by atoms with Gasteiger partial charge in [-0.25, -0.2) is 9.18 Å². The molecule has 1 aliphatic rings. The summed E-state index contributed by atoms with van der Waals surface area (Å²) in [5.41, 5.74) is 0.954. The van der Waals surface area contributed by atoms with E-state index in [-0.39, 0.29) is 18.7 Å². The minimum atomic E-state index is -1.42. The molecule has 4 amide bonds. The summed E-state index contributed by atoms with van der Waals surface area (Å²) in [5.74, 6) is -2.63. The molecule has 3 N–H and O–H groups in total. The first kappa shape index (κ1) is 28.4. The summed E-state index contributed by atoms with van der Waals surface area (Å²) in [6, 6.07) is 16.1. The molecule has 208 valence electrons. The second-order valence-electron chi connectivity index (χ2n) is 8.95. The number of rotatable bonds is 8.